The maximum Gasteiger partial charge on any atom is 0.122 e. The first kappa shape index (κ1) is 12.0. The first-order valence-corrected chi connectivity index (χ1v) is 3.65. The molecule has 1 aromatic carbocycles. The average Bonchev–Trinajstić information content (AvgIpc) is 1.97. The average molecular weight is 236 g/mol. The molecule has 0 spiro atoms. The molecule has 0 amide bonds. The van der Waals surface area contributed by atoms with Gasteiger partial charge < -0.3 is 4.79 Å². The SMILES string of the molecule is Cc1c[c-]cc(C)c1CC=O.[Y]. The largest absolute Gasteiger partial charge is 0.303 e. The summed E-state index contributed by atoms with van der Waals surface area (Å²) in [7, 11) is 0. The summed E-state index contributed by atoms with van der Waals surface area (Å²) in [5.41, 5.74) is 3.44. The van der Waals surface area contributed by atoms with Crippen molar-refractivity contribution >= 4 is 6.29 Å². The second-order valence-electron chi connectivity index (χ2n) is 2.67. The quantitative estimate of drug-likeness (QED) is 0.565. The summed E-state index contributed by atoms with van der Waals surface area (Å²) in [5.74, 6) is 0. The number of carbonyl (C=O) groups is 1. The Bertz CT molecular complexity index is 248. The Morgan fingerprint density at radius 3 is 2.25 bits per heavy atom. The van der Waals surface area contributed by atoms with E-state index in [-0.39, 0.29) is 32.7 Å². The summed E-state index contributed by atoms with van der Waals surface area (Å²) >= 11 is 0. The van der Waals surface area contributed by atoms with Crippen LogP contribution in [0.15, 0.2) is 12.1 Å². The van der Waals surface area contributed by atoms with E-state index in [4.69, 9.17) is 0 Å². The molecule has 0 atom stereocenters. The molecule has 1 nitrogen and oxygen atoms in total. The van der Waals surface area contributed by atoms with Crippen LogP contribution in [0.1, 0.15) is 16.7 Å². The van der Waals surface area contributed by atoms with E-state index in [0.29, 0.717) is 6.42 Å². The molecule has 1 aromatic rings. The van der Waals surface area contributed by atoms with Crippen LogP contribution in [0.5, 0.6) is 0 Å². The number of rotatable bonds is 2. The predicted molar refractivity (Wildman–Crippen MR) is 44.5 cm³/mol. The Balaban J connectivity index is 0.00000121. The molecule has 0 unspecified atom stereocenters. The van der Waals surface area contributed by atoms with E-state index in [1.807, 2.05) is 26.0 Å². The molecular formula is C10H11OY-. The van der Waals surface area contributed by atoms with Gasteiger partial charge in [-0.25, -0.2) is 0 Å². The molecule has 0 aliphatic heterocycles. The van der Waals surface area contributed by atoms with Gasteiger partial charge in [0, 0.05) is 39.1 Å². The van der Waals surface area contributed by atoms with Gasteiger partial charge in [0.2, 0.25) is 0 Å². The molecule has 0 N–H and O–H groups in total. The minimum atomic E-state index is 0. The minimum Gasteiger partial charge on any atom is -0.303 e. The fraction of sp³-hybridized carbons (Fsp3) is 0.300. The molecular weight excluding hydrogens is 225 g/mol. The van der Waals surface area contributed by atoms with Crippen molar-refractivity contribution in [2.45, 2.75) is 20.3 Å². The number of carbonyl (C=O) groups excluding carboxylic acids is 1. The van der Waals surface area contributed by atoms with Crippen molar-refractivity contribution in [3.8, 4) is 0 Å². The monoisotopic (exact) mass is 236 g/mol. The topological polar surface area (TPSA) is 17.1 Å². The smallest absolute Gasteiger partial charge is 0.122 e. The van der Waals surface area contributed by atoms with Crippen LogP contribution >= 0.6 is 0 Å². The molecule has 2 heteroatoms. The van der Waals surface area contributed by atoms with Crippen molar-refractivity contribution in [2.75, 3.05) is 0 Å². The third kappa shape index (κ3) is 2.80. The molecule has 0 aromatic heterocycles. The summed E-state index contributed by atoms with van der Waals surface area (Å²) in [6, 6.07) is 6.83. The van der Waals surface area contributed by atoms with Gasteiger partial charge in [0.15, 0.2) is 0 Å². The molecule has 0 heterocycles. The van der Waals surface area contributed by atoms with Gasteiger partial charge in [0.1, 0.15) is 6.29 Å². The molecule has 1 radical (unpaired) electrons. The van der Waals surface area contributed by atoms with Crippen LogP contribution in [0, 0.1) is 19.9 Å². The van der Waals surface area contributed by atoms with Gasteiger partial charge in [-0.15, -0.1) is 5.56 Å². The molecule has 0 aliphatic carbocycles. The molecule has 0 saturated carbocycles. The maximum atomic E-state index is 10.3. The van der Waals surface area contributed by atoms with E-state index >= 15 is 0 Å². The molecule has 0 bridgehead atoms. The summed E-state index contributed by atoms with van der Waals surface area (Å²) in [6.07, 6.45) is 1.46. The molecule has 0 aliphatic rings. The van der Waals surface area contributed by atoms with E-state index in [9.17, 15) is 4.79 Å². The molecule has 12 heavy (non-hydrogen) atoms. The van der Waals surface area contributed by atoms with E-state index in [2.05, 4.69) is 6.07 Å². The molecule has 1 rings (SSSR count). The summed E-state index contributed by atoms with van der Waals surface area (Å²) in [6.45, 7) is 4.00. The summed E-state index contributed by atoms with van der Waals surface area (Å²) in [4.78, 5) is 10.3. The van der Waals surface area contributed by atoms with Crippen LogP contribution in [-0.4, -0.2) is 6.29 Å². The van der Waals surface area contributed by atoms with Crippen LogP contribution in [0.2, 0.25) is 0 Å². The number of benzene rings is 1. The van der Waals surface area contributed by atoms with Crippen molar-refractivity contribution in [2.24, 2.45) is 0 Å². The van der Waals surface area contributed by atoms with Gasteiger partial charge in [0.25, 0.3) is 0 Å². The van der Waals surface area contributed by atoms with E-state index in [1.165, 1.54) is 0 Å². The Morgan fingerprint density at radius 1 is 1.33 bits per heavy atom. The van der Waals surface area contributed by atoms with Gasteiger partial charge >= 0.3 is 0 Å². The van der Waals surface area contributed by atoms with Crippen LogP contribution in [0.3, 0.4) is 0 Å². The van der Waals surface area contributed by atoms with E-state index < -0.39 is 0 Å². The van der Waals surface area contributed by atoms with Gasteiger partial charge in [-0.05, 0) is 0 Å². The van der Waals surface area contributed by atoms with E-state index in [1.54, 1.807) is 0 Å². The Morgan fingerprint density at radius 2 is 1.83 bits per heavy atom. The van der Waals surface area contributed by atoms with Crippen LogP contribution in [0.4, 0.5) is 0 Å². The Hall–Kier alpha value is -0.00610. The van der Waals surface area contributed by atoms with Crippen molar-refractivity contribution in [3.05, 3.63) is 34.9 Å². The fourth-order valence-electron chi connectivity index (χ4n) is 1.18. The number of hydrogen-bond donors (Lipinski definition) is 0. The van der Waals surface area contributed by atoms with Crippen molar-refractivity contribution in [1.82, 2.24) is 0 Å². The van der Waals surface area contributed by atoms with Gasteiger partial charge in [0.05, 0.1) is 0 Å². The zero-order chi connectivity index (χ0) is 8.27. The minimum absolute atomic E-state index is 0. The van der Waals surface area contributed by atoms with Gasteiger partial charge in [-0.2, -0.15) is 29.3 Å². The maximum absolute atomic E-state index is 10.3. The van der Waals surface area contributed by atoms with Crippen LogP contribution in [0.25, 0.3) is 0 Å². The molecule has 0 saturated heterocycles. The molecule has 0 fully saturated rings. The van der Waals surface area contributed by atoms with Crippen LogP contribution < -0.4 is 0 Å². The fourth-order valence-corrected chi connectivity index (χ4v) is 1.18. The van der Waals surface area contributed by atoms with Gasteiger partial charge in [-0.1, -0.05) is 13.8 Å². The number of aldehydes is 1. The predicted octanol–water partition coefficient (Wildman–Crippen LogP) is 1.84. The van der Waals surface area contributed by atoms with Crippen molar-refractivity contribution in [3.63, 3.8) is 0 Å². The summed E-state index contributed by atoms with van der Waals surface area (Å²) in [5, 5.41) is 0. The van der Waals surface area contributed by atoms with Gasteiger partial charge in [-0.3, -0.25) is 0 Å². The standard InChI is InChI=1S/C10H11O.Y/c1-8-4-3-5-9(2)10(8)6-7-11;/h4-5,7H,6H2,1-2H3;/q-1;. The normalized spacial score (nSPS) is 8.83. The third-order valence-electron chi connectivity index (χ3n) is 1.84. The van der Waals surface area contributed by atoms with E-state index in [0.717, 1.165) is 23.0 Å². The second-order valence-corrected chi connectivity index (χ2v) is 2.67. The first-order chi connectivity index (χ1) is 5.25. The Kier molecular flexibility index (Phi) is 5.60. The zero-order valence-electron chi connectivity index (χ0n) is 7.42. The second kappa shape index (κ2) is 5.61. The Labute approximate surface area is 98.4 Å². The summed E-state index contributed by atoms with van der Waals surface area (Å²) < 4.78 is 0. The first-order valence-electron chi connectivity index (χ1n) is 3.65. The third-order valence-corrected chi connectivity index (χ3v) is 1.84. The van der Waals surface area contributed by atoms with Crippen molar-refractivity contribution < 1.29 is 37.5 Å². The molecule has 61 valence electrons. The number of hydrogen-bond acceptors (Lipinski definition) is 1. The number of aryl methyl sites for hydroxylation is 2. The zero-order valence-corrected chi connectivity index (χ0v) is 10.3. The van der Waals surface area contributed by atoms with Crippen molar-refractivity contribution in [1.29, 1.82) is 0 Å². The van der Waals surface area contributed by atoms with Crippen LogP contribution in [-0.2, 0) is 43.9 Å².